The van der Waals surface area contributed by atoms with Crippen molar-refractivity contribution in [2.45, 2.75) is 18.9 Å². The summed E-state index contributed by atoms with van der Waals surface area (Å²) in [6, 6.07) is 1.90. The zero-order valence-corrected chi connectivity index (χ0v) is 12.3. The zero-order chi connectivity index (χ0) is 14.5. The van der Waals surface area contributed by atoms with E-state index in [1.807, 2.05) is 0 Å². The predicted molar refractivity (Wildman–Crippen MR) is 74.5 cm³/mol. The SMILES string of the molecule is O=C(COC1CCNCC1)Nc1cc(F)c(Br)cc1F. The number of carbonyl (C=O) groups is 1. The largest absolute Gasteiger partial charge is 0.368 e. The van der Waals surface area contributed by atoms with Crippen molar-refractivity contribution < 1.29 is 18.3 Å². The zero-order valence-electron chi connectivity index (χ0n) is 10.7. The van der Waals surface area contributed by atoms with Gasteiger partial charge in [0.15, 0.2) is 0 Å². The average Bonchev–Trinajstić information content (AvgIpc) is 2.44. The molecule has 0 unspecified atom stereocenters. The van der Waals surface area contributed by atoms with Gasteiger partial charge in [-0.15, -0.1) is 0 Å². The van der Waals surface area contributed by atoms with E-state index in [-0.39, 0.29) is 22.9 Å². The van der Waals surface area contributed by atoms with Gasteiger partial charge in [0.2, 0.25) is 5.91 Å². The molecule has 0 spiro atoms. The standard InChI is InChI=1S/C13H15BrF2N2O2/c14-9-5-11(16)12(6-10(9)15)18-13(19)7-20-8-1-3-17-4-2-8/h5-6,8,17H,1-4,7H2,(H,18,19). The Labute approximate surface area is 124 Å². The van der Waals surface area contributed by atoms with Gasteiger partial charge in [-0.3, -0.25) is 4.79 Å². The fourth-order valence-electron chi connectivity index (χ4n) is 1.96. The first-order valence-electron chi connectivity index (χ1n) is 6.33. The van der Waals surface area contributed by atoms with Crippen molar-refractivity contribution in [2.24, 2.45) is 0 Å². The van der Waals surface area contributed by atoms with Crippen LogP contribution in [-0.2, 0) is 9.53 Å². The number of anilines is 1. The molecule has 0 saturated carbocycles. The maximum Gasteiger partial charge on any atom is 0.250 e. The second kappa shape index (κ2) is 7.10. The number of halogens is 3. The second-order valence-electron chi connectivity index (χ2n) is 4.55. The molecular formula is C13H15BrF2N2O2. The molecule has 0 radical (unpaired) electrons. The molecule has 1 aromatic rings. The first-order valence-corrected chi connectivity index (χ1v) is 7.12. The van der Waals surface area contributed by atoms with Crippen LogP contribution in [0, 0.1) is 11.6 Å². The second-order valence-corrected chi connectivity index (χ2v) is 5.41. The number of rotatable bonds is 4. The Balaban J connectivity index is 1.86. The number of hydrogen-bond donors (Lipinski definition) is 2. The van der Waals surface area contributed by atoms with Crippen LogP contribution < -0.4 is 10.6 Å². The Morgan fingerprint density at radius 3 is 2.75 bits per heavy atom. The van der Waals surface area contributed by atoms with Crippen LogP contribution >= 0.6 is 15.9 Å². The number of benzene rings is 1. The summed E-state index contributed by atoms with van der Waals surface area (Å²) in [5, 5.41) is 5.49. The highest BCUT2D eigenvalue weighted by Gasteiger charge is 2.16. The van der Waals surface area contributed by atoms with E-state index >= 15 is 0 Å². The highest BCUT2D eigenvalue weighted by Crippen LogP contribution is 2.23. The third-order valence-electron chi connectivity index (χ3n) is 3.02. The number of amides is 1. The Hall–Kier alpha value is -1.05. The Morgan fingerprint density at radius 1 is 1.35 bits per heavy atom. The maximum absolute atomic E-state index is 13.5. The van der Waals surface area contributed by atoms with Gasteiger partial charge in [0.05, 0.1) is 16.3 Å². The van der Waals surface area contributed by atoms with Gasteiger partial charge in [0.1, 0.15) is 18.2 Å². The summed E-state index contributed by atoms with van der Waals surface area (Å²) >= 11 is 2.87. The van der Waals surface area contributed by atoms with Crippen LogP contribution in [0.3, 0.4) is 0 Å². The Kier molecular flexibility index (Phi) is 5.45. The first-order chi connectivity index (χ1) is 9.56. The van der Waals surface area contributed by atoms with Crippen LogP contribution in [0.2, 0.25) is 0 Å². The predicted octanol–water partition coefficient (Wildman–Crippen LogP) is 2.43. The van der Waals surface area contributed by atoms with Gasteiger partial charge in [-0.2, -0.15) is 0 Å². The van der Waals surface area contributed by atoms with E-state index in [0.29, 0.717) is 0 Å². The third-order valence-corrected chi connectivity index (χ3v) is 3.63. The molecule has 0 atom stereocenters. The fourth-order valence-corrected chi connectivity index (χ4v) is 2.28. The van der Waals surface area contributed by atoms with Crippen molar-refractivity contribution in [1.82, 2.24) is 5.32 Å². The molecule has 1 fully saturated rings. The Bertz CT molecular complexity index is 494. The minimum atomic E-state index is -0.700. The summed E-state index contributed by atoms with van der Waals surface area (Å²) in [5.41, 5.74) is -0.190. The lowest BCUT2D eigenvalue weighted by atomic mass is 10.1. The monoisotopic (exact) mass is 348 g/mol. The molecule has 1 saturated heterocycles. The normalized spacial score (nSPS) is 16.1. The van der Waals surface area contributed by atoms with Crippen molar-refractivity contribution in [3.05, 3.63) is 28.2 Å². The molecule has 1 amide bonds. The van der Waals surface area contributed by atoms with Gasteiger partial charge >= 0.3 is 0 Å². The van der Waals surface area contributed by atoms with Gasteiger partial charge < -0.3 is 15.4 Å². The highest BCUT2D eigenvalue weighted by molar-refractivity contribution is 9.10. The summed E-state index contributed by atoms with van der Waals surface area (Å²) in [4.78, 5) is 11.7. The molecule has 7 heteroatoms. The van der Waals surface area contributed by atoms with Crippen LogP contribution in [0.1, 0.15) is 12.8 Å². The molecule has 4 nitrogen and oxygen atoms in total. The van der Waals surface area contributed by atoms with E-state index in [0.717, 1.165) is 38.1 Å². The van der Waals surface area contributed by atoms with Crippen molar-refractivity contribution in [3.8, 4) is 0 Å². The molecule has 0 aromatic heterocycles. The molecule has 20 heavy (non-hydrogen) atoms. The van der Waals surface area contributed by atoms with Crippen LogP contribution in [-0.4, -0.2) is 31.7 Å². The molecule has 110 valence electrons. The van der Waals surface area contributed by atoms with Crippen LogP contribution in [0.15, 0.2) is 16.6 Å². The number of piperidine rings is 1. The Morgan fingerprint density at radius 2 is 2.05 bits per heavy atom. The van der Waals surface area contributed by atoms with E-state index in [9.17, 15) is 13.6 Å². The van der Waals surface area contributed by atoms with Crippen molar-refractivity contribution in [1.29, 1.82) is 0 Å². The number of carbonyl (C=O) groups excluding carboxylic acids is 1. The minimum Gasteiger partial charge on any atom is -0.368 e. The summed E-state index contributed by atoms with van der Waals surface area (Å²) < 4.78 is 32.3. The average molecular weight is 349 g/mol. The quantitative estimate of drug-likeness (QED) is 0.821. The molecular weight excluding hydrogens is 334 g/mol. The van der Waals surface area contributed by atoms with Gasteiger partial charge in [0.25, 0.3) is 0 Å². The molecule has 1 aromatic carbocycles. The summed E-state index contributed by atoms with van der Waals surface area (Å²) in [6.07, 6.45) is 1.72. The van der Waals surface area contributed by atoms with Crippen molar-refractivity contribution in [3.63, 3.8) is 0 Å². The number of hydrogen-bond acceptors (Lipinski definition) is 3. The molecule has 0 aliphatic carbocycles. The fraction of sp³-hybridized carbons (Fsp3) is 0.462. The lowest BCUT2D eigenvalue weighted by molar-refractivity contribution is -0.123. The molecule has 1 heterocycles. The molecule has 0 bridgehead atoms. The van der Waals surface area contributed by atoms with E-state index in [1.165, 1.54) is 0 Å². The van der Waals surface area contributed by atoms with Gasteiger partial charge in [0, 0.05) is 6.07 Å². The topological polar surface area (TPSA) is 50.4 Å². The highest BCUT2D eigenvalue weighted by atomic mass is 79.9. The van der Waals surface area contributed by atoms with Gasteiger partial charge in [-0.25, -0.2) is 8.78 Å². The van der Waals surface area contributed by atoms with Gasteiger partial charge in [-0.1, -0.05) is 0 Å². The van der Waals surface area contributed by atoms with E-state index in [4.69, 9.17) is 4.74 Å². The van der Waals surface area contributed by atoms with Gasteiger partial charge in [-0.05, 0) is 47.9 Å². The lowest BCUT2D eigenvalue weighted by Crippen LogP contribution is -2.34. The van der Waals surface area contributed by atoms with Crippen molar-refractivity contribution >= 4 is 27.5 Å². The first kappa shape index (κ1) is 15.3. The van der Waals surface area contributed by atoms with Crippen molar-refractivity contribution in [2.75, 3.05) is 25.0 Å². The van der Waals surface area contributed by atoms with Crippen LogP contribution in [0.25, 0.3) is 0 Å². The lowest BCUT2D eigenvalue weighted by Gasteiger charge is -2.22. The molecule has 2 N–H and O–H groups in total. The number of nitrogens with one attached hydrogen (secondary N) is 2. The molecule has 1 aliphatic rings. The smallest absolute Gasteiger partial charge is 0.250 e. The summed E-state index contributed by atoms with van der Waals surface area (Å²) in [5.74, 6) is -1.83. The molecule has 2 rings (SSSR count). The number of ether oxygens (including phenoxy) is 1. The molecule has 1 aliphatic heterocycles. The van der Waals surface area contributed by atoms with Crippen LogP contribution in [0.5, 0.6) is 0 Å². The summed E-state index contributed by atoms with van der Waals surface area (Å²) in [6.45, 7) is 1.56. The minimum absolute atomic E-state index is 0.0129. The van der Waals surface area contributed by atoms with Crippen LogP contribution in [0.4, 0.5) is 14.5 Å². The third kappa shape index (κ3) is 4.22. The van der Waals surface area contributed by atoms with E-state index in [1.54, 1.807) is 0 Å². The van der Waals surface area contributed by atoms with E-state index in [2.05, 4.69) is 26.6 Å². The summed E-state index contributed by atoms with van der Waals surface area (Å²) in [7, 11) is 0. The maximum atomic E-state index is 13.5. The van der Waals surface area contributed by atoms with E-state index < -0.39 is 17.5 Å².